The lowest BCUT2D eigenvalue weighted by Crippen LogP contribution is -2.29. The molecule has 1 fully saturated rings. The molecule has 3 N–H and O–H groups in total. The van der Waals surface area contributed by atoms with E-state index in [1.807, 2.05) is 12.1 Å². The van der Waals surface area contributed by atoms with Crippen LogP contribution in [0.25, 0.3) is 0 Å². The Morgan fingerprint density at radius 3 is 2.42 bits per heavy atom. The number of nitrogens with one attached hydrogen (secondary N) is 1. The van der Waals surface area contributed by atoms with E-state index in [1.54, 1.807) is 20.8 Å². The molecule has 0 saturated carbocycles. The van der Waals surface area contributed by atoms with Crippen molar-refractivity contribution in [2.75, 3.05) is 29.0 Å². The highest BCUT2D eigenvalue weighted by Crippen LogP contribution is 2.23. The van der Waals surface area contributed by atoms with Crippen LogP contribution < -0.4 is 16.0 Å². The van der Waals surface area contributed by atoms with Crippen LogP contribution in [0.5, 0.6) is 0 Å². The molecule has 26 heavy (non-hydrogen) atoms. The van der Waals surface area contributed by atoms with Gasteiger partial charge in [-0.1, -0.05) is 0 Å². The monoisotopic (exact) mass is 358 g/mol. The molecule has 0 radical (unpaired) electrons. The number of anilines is 4. The summed E-state index contributed by atoms with van der Waals surface area (Å²) >= 11 is 0. The van der Waals surface area contributed by atoms with E-state index >= 15 is 0 Å². The average molecular weight is 358 g/mol. The SMILES string of the molecule is CC(C)(C)OC(=O)n1nc(Nc2ccc(N3CCCCC3)cc2)nc1N. The minimum Gasteiger partial charge on any atom is -0.442 e. The maximum atomic E-state index is 12.1. The van der Waals surface area contributed by atoms with Gasteiger partial charge in [0.25, 0.3) is 0 Å². The first-order valence-electron chi connectivity index (χ1n) is 8.90. The number of nitrogens with zero attached hydrogens (tertiary/aromatic N) is 4. The summed E-state index contributed by atoms with van der Waals surface area (Å²) in [5.41, 5.74) is 7.18. The highest BCUT2D eigenvalue weighted by Gasteiger charge is 2.21. The molecule has 1 aliphatic heterocycles. The Kier molecular flexibility index (Phi) is 5.01. The van der Waals surface area contributed by atoms with E-state index < -0.39 is 11.7 Å². The van der Waals surface area contributed by atoms with Gasteiger partial charge < -0.3 is 20.7 Å². The van der Waals surface area contributed by atoms with Crippen molar-refractivity contribution in [2.24, 2.45) is 0 Å². The number of nitrogens with two attached hydrogens (primary N) is 1. The first kappa shape index (κ1) is 18.0. The van der Waals surface area contributed by atoms with E-state index in [9.17, 15) is 4.79 Å². The molecule has 0 aliphatic carbocycles. The number of carbonyl (C=O) groups excluding carboxylic acids is 1. The van der Waals surface area contributed by atoms with Crippen molar-refractivity contribution >= 4 is 29.4 Å². The summed E-state index contributed by atoms with van der Waals surface area (Å²) in [4.78, 5) is 18.6. The Morgan fingerprint density at radius 2 is 1.81 bits per heavy atom. The quantitative estimate of drug-likeness (QED) is 0.868. The standard InChI is InChI=1S/C18H26N6O2/c1-18(2,3)26-17(25)24-15(19)21-16(22-24)20-13-7-9-14(10-8-13)23-11-5-4-6-12-23/h7-10H,4-6,11-12H2,1-3H3,(H3,19,20,21,22). The first-order chi connectivity index (χ1) is 12.3. The van der Waals surface area contributed by atoms with E-state index in [2.05, 4.69) is 32.4 Å². The maximum absolute atomic E-state index is 12.1. The molecule has 0 unspecified atom stereocenters. The minimum atomic E-state index is -0.656. The van der Waals surface area contributed by atoms with Crippen LogP contribution in [-0.2, 0) is 4.74 Å². The first-order valence-corrected chi connectivity index (χ1v) is 8.90. The third-order valence-corrected chi connectivity index (χ3v) is 4.04. The van der Waals surface area contributed by atoms with Crippen LogP contribution in [0.15, 0.2) is 24.3 Å². The molecular weight excluding hydrogens is 332 g/mol. The summed E-state index contributed by atoms with van der Waals surface area (Å²) in [5, 5.41) is 7.15. The zero-order valence-electron chi connectivity index (χ0n) is 15.5. The smallest absolute Gasteiger partial charge is 0.438 e. The number of carbonyl (C=O) groups is 1. The topological polar surface area (TPSA) is 98.3 Å². The molecule has 0 amide bonds. The molecule has 1 saturated heterocycles. The minimum absolute atomic E-state index is 0.0216. The second-order valence-electron chi connectivity index (χ2n) is 7.41. The second-order valence-corrected chi connectivity index (χ2v) is 7.41. The van der Waals surface area contributed by atoms with Gasteiger partial charge in [0.2, 0.25) is 11.9 Å². The number of hydrogen-bond acceptors (Lipinski definition) is 7. The van der Waals surface area contributed by atoms with Crippen molar-refractivity contribution in [3.8, 4) is 0 Å². The normalized spacial score (nSPS) is 15.0. The summed E-state index contributed by atoms with van der Waals surface area (Å²) in [7, 11) is 0. The van der Waals surface area contributed by atoms with Gasteiger partial charge in [0.05, 0.1) is 0 Å². The lowest BCUT2D eigenvalue weighted by molar-refractivity contribution is 0.0519. The molecule has 0 spiro atoms. The Morgan fingerprint density at radius 1 is 1.15 bits per heavy atom. The van der Waals surface area contributed by atoms with Crippen LogP contribution in [0.1, 0.15) is 40.0 Å². The van der Waals surface area contributed by atoms with Crippen molar-refractivity contribution in [1.29, 1.82) is 0 Å². The van der Waals surface area contributed by atoms with Gasteiger partial charge in [-0.3, -0.25) is 0 Å². The molecule has 1 aromatic heterocycles. The van der Waals surface area contributed by atoms with Crippen LogP contribution in [0.2, 0.25) is 0 Å². The molecular formula is C18H26N6O2. The number of piperidine rings is 1. The molecule has 0 atom stereocenters. The van der Waals surface area contributed by atoms with Crippen LogP contribution >= 0.6 is 0 Å². The molecule has 8 nitrogen and oxygen atoms in total. The van der Waals surface area contributed by atoms with Crippen LogP contribution in [0.4, 0.5) is 28.1 Å². The van der Waals surface area contributed by atoms with Gasteiger partial charge in [-0.25, -0.2) is 4.79 Å². The Hall–Kier alpha value is -2.77. The van der Waals surface area contributed by atoms with Gasteiger partial charge in [-0.2, -0.15) is 4.98 Å². The third kappa shape index (κ3) is 4.44. The zero-order chi connectivity index (χ0) is 18.7. The van der Waals surface area contributed by atoms with E-state index in [1.165, 1.54) is 24.9 Å². The van der Waals surface area contributed by atoms with Crippen molar-refractivity contribution in [3.63, 3.8) is 0 Å². The van der Waals surface area contributed by atoms with Crippen molar-refractivity contribution in [3.05, 3.63) is 24.3 Å². The number of nitrogen functional groups attached to an aromatic ring is 1. The number of aromatic nitrogens is 3. The average Bonchev–Trinajstić information content (AvgIpc) is 2.95. The van der Waals surface area contributed by atoms with E-state index in [4.69, 9.17) is 10.5 Å². The van der Waals surface area contributed by atoms with Crippen molar-refractivity contribution in [2.45, 2.75) is 45.6 Å². The molecule has 2 aromatic rings. The summed E-state index contributed by atoms with van der Waals surface area (Å²) < 4.78 is 6.21. The molecule has 2 heterocycles. The van der Waals surface area contributed by atoms with Gasteiger partial charge in [0.1, 0.15) is 5.60 Å². The predicted molar refractivity (Wildman–Crippen MR) is 102 cm³/mol. The lowest BCUT2D eigenvalue weighted by atomic mass is 10.1. The number of benzene rings is 1. The van der Waals surface area contributed by atoms with Crippen LogP contribution in [-0.4, -0.2) is 39.5 Å². The fourth-order valence-corrected chi connectivity index (χ4v) is 2.85. The van der Waals surface area contributed by atoms with Crippen LogP contribution in [0.3, 0.4) is 0 Å². The largest absolute Gasteiger partial charge is 0.442 e. The number of rotatable bonds is 3. The highest BCUT2D eigenvalue weighted by molar-refractivity contribution is 5.73. The van der Waals surface area contributed by atoms with Gasteiger partial charge in [0.15, 0.2) is 0 Å². The number of hydrogen-bond donors (Lipinski definition) is 2. The fourth-order valence-electron chi connectivity index (χ4n) is 2.85. The maximum Gasteiger partial charge on any atom is 0.438 e. The van der Waals surface area contributed by atoms with E-state index in [0.29, 0.717) is 0 Å². The summed E-state index contributed by atoms with van der Waals surface area (Å²) in [6.45, 7) is 7.54. The summed E-state index contributed by atoms with van der Waals surface area (Å²) in [5.74, 6) is 0.228. The highest BCUT2D eigenvalue weighted by atomic mass is 16.6. The predicted octanol–water partition coefficient (Wildman–Crippen LogP) is 3.38. The van der Waals surface area contributed by atoms with E-state index in [0.717, 1.165) is 23.5 Å². The molecule has 0 bridgehead atoms. The molecule has 1 aromatic carbocycles. The van der Waals surface area contributed by atoms with Crippen molar-refractivity contribution < 1.29 is 9.53 Å². The van der Waals surface area contributed by atoms with Gasteiger partial charge in [-0.05, 0) is 64.3 Å². The van der Waals surface area contributed by atoms with Gasteiger partial charge in [0, 0.05) is 24.5 Å². The molecule has 3 rings (SSSR count). The van der Waals surface area contributed by atoms with Gasteiger partial charge >= 0.3 is 6.09 Å². The summed E-state index contributed by atoms with van der Waals surface area (Å²) in [6, 6.07) is 8.08. The van der Waals surface area contributed by atoms with Crippen molar-refractivity contribution in [1.82, 2.24) is 14.8 Å². The lowest BCUT2D eigenvalue weighted by Gasteiger charge is -2.28. The van der Waals surface area contributed by atoms with Crippen LogP contribution in [0, 0.1) is 0 Å². The number of ether oxygens (including phenoxy) is 1. The summed E-state index contributed by atoms with van der Waals surface area (Å²) in [6.07, 6.45) is 3.14. The second kappa shape index (κ2) is 7.23. The zero-order valence-corrected chi connectivity index (χ0v) is 15.5. The Labute approximate surface area is 153 Å². The Balaban J connectivity index is 1.67. The van der Waals surface area contributed by atoms with E-state index in [-0.39, 0.29) is 11.9 Å². The molecule has 140 valence electrons. The fraction of sp³-hybridized carbons (Fsp3) is 0.500. The molecule has 1 aliphatic rings. The van der Waals surface area contributed by atoms with Gasteiger partial charge in [-0.15, -0.1) is 9.78 Å². The molecule has 8 heteroatoms. The third-order valence-electron chi connectivity index (χ3n) is 4.04. The Bertz CT molecular complexity index is 757.